The fourth-order valence-electron chi connectivity index (χ4n) is 1.41. The van der Waals surface area contributed by atoms with Gasteiger partial charge in [0.15, 0.2) is 5.82 Å². The Balaban J connectivity index is 1.91. The molecule has 2 aromatic rings. The second-order valence-corrected chi connectivity index (χ2v) is 5.21. The number of aliphatic hydroxyl groups is 1. The first kappa shape index (κ1) is 13.1. The lowest BCUT2D eigenvalue weighted by Gasteiger charge is -2.04. The fraction of sp³-hybridized carbons (Fsp3) is 0.385. The number of aromatic nitrogens is 2. The number of hydrogen-bond donors (Lipinski definition) is 1. The molecule has 1 aromatic carbocycles. The molecular weight excluding hydrogens is 248 g/mol. The third-order valence-corrected chi connectivity index (χ3v) is 3.70. The van der Waals surface area contributed by atoms with E-state index in [0.717, 1.165) is 11.3 Å². The minimum absolute atomic E-state index is 0.217. The molecule has 0 amide bonds. The van der Waals surface area contributed by atoms with E-state index in [-0.39, 0.29) is 6.61 Å². The van der Waals surface area contributed by atoms with E-state index < -0.39 is 0 Å². The molecule has 1 atom stereocenters. The molecular formula is C13H16N2O2S. The zero-order valence-electron chi connectivity index (χ0n) is 10.2. The molecule has 1 unspecified atom stereocenters. The van der Waals surface area contributed by atoms with Crippen LogP contribution in [0.25, 0.3) is 11.5 Å². The lowest BCUT2D eigenvalue weighted by atomic mass is 10.2. The number of thioether (sulfide) groups is 1. The number of nitrogens with zero attached hydrogens (tertiary/aromatic N) is 2. The fourth-order valence-corrected chi connectivity index (χ4v) is 2.34. The molecule has 0 spiro atoms. The summed E-state index contributed by atoms with van der Waals surface area (Å²) in [5.74, 6) is 3.16. The predicted molar refractivity (Wildman–Crippen MR) is 72.1 cm³/mol. The second-order valence-electron chi connectivity index (χ2n) is 4.18. The summed E-state index contributed by atoms with van der Waals surface area (Å²) in [7, 11) is 0. The highest BCUT2D eigenvalue weighted by molar-refractivity contribution is 7.98. The van der Waals surface area contributed by atoms with Gasteiger partial charge in [-0.3, -0.25) is 0 Å². The van der Waals surface area contributed by atoms with E-state index in [2.05, 4.69) is 10.1 Å². The molecule has 1 N–H and O–H groups in total. The van der Waals surface area contributed by atoms with Crippen molar-refractivity contribution in [1.29, 1.82) is 0 Å². The van der Waals surface area contributed by atoms with Crippen LogP contribution in [0.4, 0.5) is 0 Å². The highest BCUT2D eigenvalue weighted by Crippen LogP contribution is 2.19. The first-order valence-corrected chi connectivity index (χ1v) is 7.01. The van der Waals surface area contributed by atoms with Crippen molar-refractivity contribution in [2.24, 2.45) is 5.92 Å². The van der Waals surface area contributed by atoms with Gasteiger partial charge in [0.25, 0.3) is 5.89 Å². The van der Waals surface area contributed by atoms with Crippen molar-refractivity contribution in [2.45, 2.75) is 12.7 Å². The average molecular weight is 264 g/mol. The van der Waals surface area contributed by atoms with Gasteiger partial charge in [-0.2, -0.15) is 16.7 Å². The normalized spacial score (nSPS) is 12.6. The molecule has 0 fully saturated rings. The van der Waals surface area contributed by atoms with Crippen molar-refractivity contribution >= 4 is 11.8 Å². The third-order valence-electron chi connectivity index (χ3n) is 2.43. The number of hydrogen-bond acceptors (Lipinski definition) is 5. The number of aliphatic hydroxyl groups excluding tert-OH is 1. The predicted octanol–water partition coefficient (Wildman–Crippen LogP) is 2.60. The van der Waals surface area contributed by atoms with E-state index in [1.807, 2.05) is 37.3 Å². The Bertz CT molecular complexity index is 473. The summed E-state index contributed by atoms with van der Waals surface area (Å²) in [5, 5.41) is 12.9. The zero-order chi connectivity index (χ0) is 12.8. The molecule has 5 heteroatoms. The lowest BCUT2D eigenvalue weighted by Crippen LogP contribution is -2.03. The Morgan fingerprint density at radius 1 is 1.33 bits per heavy atom. The smallest absolute Gasteiger partial charge is 0.257 e. The largest absolute Gasteiger partial charge is 0.396 e. The van der Waals surface area contributed by atoms with Crippen LogP contribution in [0, 0.1) is 5.92 Å². The van der Waals surface area contributed by atoms with Gasteiger partial charge in [0.1, 0.15) is 0 Å². The Labute approximate surface area is 110 Å². The summed E-state index contributed by atoms with van der Waals surface area (Å²) in [4.78, 5) is 4.34. The van der Waals surface area contributed by atoms with Crippen molar-refractivity contribution in [3.8, 4) is 11.5 Å². The monoisotopic (exact) mass is 264 g/mol. The number of rotatable bonds is 6. The minimum Gasteiger partial charge on any atom is -0.396 e. The maximum atomic E-state index is 8.92. The van der Waals surface area contributed by atoms with Gasteiger partial charge in [0.05, 0.1) is 5.75 Å². The summed E-state index contributed by atoms with van der Waals surface area (Å²) in [6.07, 6.45) is 0. The second kappa shape index (κ2) is 6.56. The average Bonchev–Trinajstić information content (AvgIpc) is 2.88. The van der Waals surface area contributed by atoms with Crippen LogP contribution in [0.3, 0.4) is 0 Å². The quantitative estimate of drug-likeness (QED) is 0.869. The van der Waals surface area contributed by atoms with Crippen LogP contribution in [-0.2, 0) is 5.75 Å². The van der Waals surface area contributed by atoms with E-state index in [0.29, 0.717) is 23.4 Å². The summed E-state index contributed by atoms with van der Waals surface area (Å²) >= 11 is 1.70. The highest BCUT2D eigenvalue weighted by atomic mass is 32.2. The van der Waals surface area contributed by atoms with Crippen LogP contribution >= 0.6 is 11.8 Å². The highest BCUT2D eigenvalue weighted by Gasteiger charge is 2.08. The first-order chi connectivity index (χ1) is 8.79. The molecule has 2 rings (SSSR count). The van der Waals surface area contributed by atoms with Crippen molar-refractivity contribution in [3.05, 3.63) is 36.2 Å². The molecule has 96 valence electrons. The standard InChI is InChI=1S/C13H16N2O2S/c1-10(7-16)8-18-9-12-14-13(17-15-12)11-5-3-2-4-6-11/h2-6,10,16H,7-9H2,1H3. The van der Waals surface area contributed by atoms with Gasteiger partial charge < -0.3 is 9.63 Å². The lowest BCUT2D eigenvalue weighted by molar-refractivity contribution is 0.250. The topological polar surface area (TPSA) is 59.2 Å². The summed E-state index contributed by atoms with van der Waals surface area (Å²) < 4.78 is 5.21. The van der Waals surface area contributed by atoms with Crippen molar-refractivity contribution in [1.82, 2.24) is 10.1 Å². The SMILES string of the molecule is CC(CO)CSCc1noc(-c2ccccc2)n1. The molecule has 4 nitrogen and oxygen atoms in total. The van der Waals surface area contributed by atoms with Crippen molar-refractivity contribution in [2.75, 3.05) is 12.4 Å². The van der Waals surface area contributed by atoms with Gasteiger partial charge in [-0.05, 0) is 23.8 Å². The Hall–Kier alpha value is -1.33. The van der Waals surface area contributed by atoms with E-state index >= 15 is 0 Å². The maximum Gasteiger partial charge on any atom is 0.257 e. The first-order valence-electron chi connectivity index (χ1n) is 5.86. The van der Waals surface area contributed by atoms with Crippen molar-refractivity contribution in [3.63, 3.8) is 0 Å². The van der Waals surface area contributed by atoms with E-state index in [1.165, 1.54) is 0 Å². The zero-order valence-corrected chi connectivity index (χ0v) is 11.1. The van der Waals surface area contributed by atoms with Crippen LogP contribution in [-0.4, -0.2) is 27.6 Å². The van der Waals surface area contributed by atoms with E-state index in [9.17, 15) is 0 Å². The molecule has 0 saturated heterocycles. The van der Waals surface area contributed by atoms with E-state index in [1.54, 1.807) is 11.8 Å². The van der Waals surface area contributed by atoms with Crippen LogP contribution in [0.15, 0.2) is 34.9 Å². The third kappa shape index (κ3) is 3.58. The molecule has 0 aliphatic carbocycles. The Kier molecular flexibility index (Phi) is 4.78. The van der Waals surface area contributed by atoms with Gasteiger partial charge in [-0.15, -0.1) is 0 Å². The minimum atomic E-state index is 0.217. The molecule has 0 saturated carbocycles. The summed E-state index contributed by atoms with van der Waals surface area (Å²) in [6.45, 7) is 2.23. The van der Waals surface area contributed by atoms with E-state index in [4.69, 9.17) is 9.63 Å². The Morgan fingerprint density at radius 2 is 2.11 bits per heavy atom. The van der Waals surface area contributed by atoms with Gasteiger partial charge in [0, 0.05) is 12.2 Å². The van der Waals surface area contributed by atoms with Gasteiger partial charge in [0.2, 0.25) is 0 Å². The summed E-state index contributed by atoms with van der Waals surface area (Å²) in [6, 6.07) is 9.72. The Morgan fingerprint density at radius 3 is 2.83 bits per heavy atom. The van der Waals surface area contributed by atoms with Gasteiger partial charge >= 0.3 is 0 Å². The molecule has 1 heterocycles. The van der Waals surface area contributed by atoms with Gasteiger partial charge in [-0.25, -0.2) is 0 Å². The van der Waals surface area contributed by atoms with Crippen LogP contribution < -0.4 is 0 Å². The van der Waals surface area contributed by atoms with Crippen LogP contribution in [0.1, 0.15) is 12.7 Å². The molecule has 0 bridgehead atoms. The maximum absolute atomic E-state index is 8.92. The molecule has 0 aliphatic rings. The number of benzene rings is 1. The molecule has 0 aliphatic heterocycles. The molecule has 1 aromatic heterocycles. The molecule has 0 radical (unpaired) electrons. The summed E-state index contributed by atoms with van der Waals surface area (Å²) in [5.41, 5.74) is 0.935. The van der Waals surface area contributed by atoms with Gasteiger partial charge in [-0.1, -0.05) is 30.3 Å². The molecule has 18 heavy (non-hydrogen) atoms. The van der Waals surface area contributed by atoms with Crippen molar-refractivity contribution < 1.29 is 9.63 Å². The van der Waals surface area contributed by atoms with Crippen LogP contribution in [0.5, 0.6) is 0 Å². The van der Waals surface area contributed by atoms with Crippen LogP contribution in [0.2, 0.25) is 0 Å².